The molecule has 0 spiro atoms. The Morgan fingerprint density at radius 2 is 1.80 bits per heavy atom. The number of hydrogen-bond donors (Lipinski definition) is 0. The van der Waals surface area contributed by atoms with Crippen molar-refractivity contribution >= 4 is 11.2 Å². The van der Waals surface area contributed by atoms with Crippen molar-refractivity contribution < 1.29 is 13.5 Å². The molecule has 0 N–H and O–H groups in total. The number of rotatable bonds is 6. The zero-order valence-corrected chi connectivity index (χ0v) is 22.9. The second-order valence-electron chi connectivity index (χ2n) is 10.2. The number of aromatic nitrogens is 6. The maximum atomic E-state index is 14.1. The summed E-state index contributed by atoms with van der Waals surface area (Å²) >= 11 is 0. The van der Waals surface area contributed by atoms with E-state index in [4.69, 9.17) is 14.7 Å². The molecule has 1 aliphatic rings. The largest absolute Gasteiger partial charge is 0.495 e. The van der Waals surface area contributed by atoms with Crippen LogP contribution < -0.4 is 15.9 Å². The van der Waals surface area contributed by atoms with Gasteiger partial charge in [-0.25, -0.2) is 23.7 Å². The first-order chi connectivity index (χ1) is 19.2. The molecular weight excluding hydrogens is 516 g/mol. The highest BCUT2D eigenvalue weighted by Crippen LogP contribution is 2.31. The monoisotopic (exact) mass is 545 g/mol. The van der Waals surface area contributed by atoms with Crippen LogP contribution in [0.3, 0.4) is 0 Å². The van der Waals surface area contributed by atoms with Gasteiger partial charge in [0, 0.05) is 31.9 Å². The number of benzene rings is 2. The van der Waals surface area contributed by atoms with Crippen molar-refractivity contribution in [3.8, 4) is 22.8 Å². The molecule has 3 aromatic heterocycles. The zero-order chi connectivity index (χ0) is 28.3. The van der Waals surface area contributed by atoms with E-state index in [1.807, 2.05) is 59.1 Å². The predicted molar refractivity (Wildman–Crippen MR) is 147 cm³/mol. The summed E-state index contributed by atoms with van der Waals surface area (Å²) in [5.41, 5.74) is 3.64. The summed E-state index contributed by atoms with van der Waals surface area (Å²) in [5.74, 6) is -0.224. The molecule has 1 aliphatic carbocycles. The van der Waals surface area contributed by atoms with E-state index < -0.39 is 17.7 Å². The summed E-state index contributed by atoms with van der Waals surface area (Å²) in [4.78, 5) is 28.0. The Labute approximate surface area is 228 Å². The Kier molecular flexibility index (Phi) is 6.16. The van der Waals surface area contributed by atoms with Gasteiger partial charge in [0.25, 0.3) is 5.56 Å². The molecule has 0 aliphatic heterocycles. The standard InChI is InChI=1S/C29H29F2N7O2/c1-16-14-37(15-32-16)23-9-6-18(12-24(23)40-5)26-34-25-27(35(26)3)36(4)29(33-22-7-8-22)38(28(25)39)17(2)19-10-20(30)13-21(31)11-19/h6,9-15,17,22H,7-8H2,1-5H3/b33-29+. The third-order valence-corrected chi connectivity index (χ3v) is 7.35. The van der Waals surface area contributed by atoms with Crippen LogP contribution in [0.15, 0.2) is 58.7 Å². The predicted octanol–water partition coefficient (Wildman–Crippen LogP) is 4.19. The number of aryl methyl sites for hydroxylation is 3. The third-order valence-electron chi connectivity index (χ3n) is 7.35. The normalized spacial score (nSPS) is 14.7. The molecule has 40 heavy (non-hydrogen) atoms. The number of ether oxygens (including phenoxy) is 1. The fraction of sp³-hybridized carbons (Fsp3) is 0.310. The van der Waals surface area contributed by atoms with Crippen molar-refractivity contribution in [2.24, 2.45) is 19.1 Å². The lowest BCUT2D eigenvalue weighted by molar-refractivity contribution is 0.413. The number of methoxy groups -OCH3 is 1. The van der Waals surface area contributed by atoms with Crippen LogP contribution in [-0.4, -0.2) is 41.4 Å². The van der Waals surface area contributed by atoms with Crippen LogP contribution in [0, 0.1) is 18.6 Å². The van der Waals surface area contributed by atoms with Crippen molar-refractivity contribution in [1.29, 1.82) is 0 Å². The molecule has 0 saturated heterocycles. The molecule has 0 amide bonds. The molecule has 1 fully saturated rings. The first kappa shape index (κ1) is 25.7. The Bertz CT molecular complexity index is 1890. The van der Waals surface area contributed by atoms with Gasteiger partial charge in [0.05, 0.1) is 36.9 Å². The van der Waals surface area contributed by atoms with Crippen LogP contribution in [-0.2, 0) is 14.1 Å². The highest BCUT2D eigenvalue weighted by Gasteiger charge is 2.26. The van der Waals surface area contributed by atoms with Crippen molar-refractivity contribution in [2.45, 2.75) is 38.8 Å². The molecule has 2 aromatic carbocycles. The highest BCUT2D eigenvalue weighted by atomic mass is 19.1. The molecule has 3 heterocycles. The van der Waals surface area contributed by atoms with Crippen molar-refractivity contribution in [1.82, 2.24) is 28.2 Å². The SMILES string of the molecule is COc1cc(-c2nc3c(=O)n(C(C)c4cc(F)cc(F)c4)/c(=N/C4CC4)n(C)c3n2C)ccc1-n1cnc(C)c1. The van der Waals surface area contributed by atoms with Gasteiger partial charge in [-0.15, -0.1) is 0 Å². The minimum Gasteiger partial charge on any atom is -0.495 e. The van der Waals surface area contributed by atoms with E-state index in [1.165, 1.54) is 16.7 Å². The molecule has 0 bridgehead atoms. The maximum absolute atomic E-state index is 14.1. The summed E-state index contributed by atoms with van der Waals surface area (Å²) in [5, 5.41) is 0. The third kappa shape index (κ3) is 4.31. The molecule has 5 aromatic rings. The lowest BCUT2D eigenvalue weighted by Crippen LogP contribution is -2.42. The van der Waals surface area contributed by atoms with Gasteiger partial charge in [-0.1, -0.05) is 0 Å². The summed E-state index contributed by atoms with van der Waals surface area (Å²) < 4.78 is 41.0. The second-order valence-corrected chi connectivity index (χ2v) is 10.2. The number of fused-ring (bicyclic) bond motifs is 1. The van der Waals surface area contributed by atoms with Gasteiger partial charge < -0.3 is 13.9 Å². The van der Waals surface area contributed by atoms with Gasteiger partial charge in [0.2, 0.25) is 5.62 Å². The van der Waals surface area contributed by atoms with Gasteiger partial charge in [-0.2, -0.15) is 0 Å². The molecule has 1 saturated carbocycles. The highest BCUT2D eigenvalue weighted by molar-refractivity contribution is 5.77. The van der Waals surface area contributed by atoms with Crippen LogP contribution in [0.2, 0.25) is 0 Å². The summed E-state index contributed by atoms with van der Waals surface area (Å²) in [7, 11) is 5.28. The Morgan fingerprint density at radius 1 is 1.07 bits per heavy atom. The smallest absolute Gasteiger partial charge is 0.283 e. The average molecular weight is 546 g/mol. The van der Waals surface area contributed by atoms with Crippen LogP contribution in [0.25, 0.3) is 28.2 Å². The van der Waals surface area contributed by atoms with Crippen molar-refractivity contribution in [3.05, 3.63) is 87.8 Å². The first-order valence-electron chi connectivity index (χ1n) is 13.0. The molecule has 6 rings (SSSR count). The van der Waals surface area contributed by atoms with Gasteiger partial charge in [-0.3, -0.25) is 13.9 Å². The topological polar surface area (TPSA) is 84.2 Å². The van der Waals surface area contributed by atoms with E-state index in [0.29, 0.717) is 28.4 Å². The molecule has 9 nitrogen and oxygen atoms in total. The average Bonchev–Trinajstić information content (AvgIpc) is 3.53. The summed E-state index contributed by atoms with van der Waals surface area (Å²) in [6, 6.07) is 8.42. The van der Waals surface area contributed by atoms with Crippen molar-refractivity contribution in [2.75, 3.05) is 7.11 Å². The summed E-state index contributed by atoms with van der Waals surface area (Å²) in [6.07, 6.45) is 5.48. The molecule has 206 valence electrons. The van der Waals surface area contributed by atoms with Gasteiger partial charge in [-0.05, 0) is 62.6 Å². The number of hydrogen-bond acceptors (Lipinski definition) is 5. The Balaban J connectivity index is 1.56. The molecule has 11 heteroatoms. The van der Waals surface area contributed by atoms with E-state index in [2.05, 4.69) is 4.98 Å². The van der Waals surface area contributed by atoms with Gasteiger partial charge >= 0.3 is 0 Å². The van der Waals surface area contributed by atoms with Crippen molar-refractivity contribution in [3.63, 3.8) is 0 Å². The lowest BCUT2D eigenvalue weighted by Gasteiger charge is -2.19. The van der Waals surface area contributed by atoms with Crippen LogP contribution in [0.5, 0.6) is 5.75 Å². The van der Waals surface area contributed by atoms with Crippen LogP contribution in [0.4, 0.5) is 8.78 Å². The number of nitrogens with zero attached hydrogens (tertiary/aromatic N) is 7. The van der Waals surface area contributed by atoms with Gasteiger partial charge in [0.15, 0.2) is 5.52 Å². The summed E-state index contributed by atoms with van der Waals surface area (Å²) in [6.45, 7) is 3.65. The van der Waals surface area contributed by atoms with E-state index in [1.54, 1.807) is 20.4 Å². The molecule has 1 unspecified atom stereocenters. The second kappa shape index (κ2) is 9.58. The van der Waals surface area contributed by atoms with E-state index in [-0.39, 0.29) is 17.1 Å². The fourth-order valence-corrected chi connectivity index (χ4v) is 5.15. The van der Waals surface area contributed by atoms with E-state index >= 15 is 0 Å². The molecule has 1 atom stereocenters. The van der Waals surface area contributed by atoms with Crippen LogP contribution in [0.1, 0.15) is 37.1 Å². The molecule has 0 radical (unpaired) electrons. The van der Waals surface area contributed by atoms with Gasteiger partial charge in [0.1, 0.15) is 28.9 Å². The van der Waals surface area contributed by atoms with E-state index in [0.717, 1.165) is 35.9 Å². The zero-order valence-electron chi connectivity index (χ0n) is 22.9. The molecular formula is C29H29F2N7O2. The number of imidazole rings is 2. The minimum absolute atomic E-state index is 0.0991. The lowest BCUT2D eigenvalue weighted by atomic mass is 10.1. The van der Waals surface area contributed by atoms with Crippen LogP contribution >= 0.6 is 0 Å². The quantitative estimate of drug-likeness (QED) is 0.320. The minimum atomic E-state index is -0.704. The Hall–Kier alpha value is -4.54. The van der Waals surface area contributed by atoms with E-state index in [9.17, 15) is 13.6 Å². The fourth-order valence-electron chi connectivity index (χ4n) is 5.15. The number of halogens is 2. The Morgan fingerprint density at radius 3 is 2.42 bits per heavy atom. The maximum Gasteiger partial charge on any atom is 0.283 e. The first-order valence-corrected chi connectivity index (χ1v) is 13.0.